The van der Waals surface area contributed by atoms with Crippen LogP contribution in [0.15, 0.2) is 24.3 Å². The van der Waals surface area contributed by atoms with Crippen LogP contribution in [0.5, 0.6) is 0 Å². The minimum Gasteiger partial charge on any atom is -0.352 e. The molecule has 2 rings (SSSR count). The molecule has 1 aromatic carbocycles. The Balaban J connectivity index is 1.72. The molecule has 1 aliphatic heterocycles. The van der Waals surface area contributed by atoms with Gasteiger partial charge >= 0.3 is 0 Å². The van der Waals surface area contributed by atoms with Crippen molar-refractivity contribution < 1.29 is 9.59 Å². The first kappa shape index (κ1) is 20.4. The van der Waals surface area contributed by atoms with Crippen LogP contribution in [0.3, 0.4) is 0 Å². The van der Waals surface area contributed by atoms with E-state index in [0.29, 0.717) is 36.9 Å². The van der Waals surface area contributed by atoms with Crippen LogP contribution in [0.25, 0.3) is 0 Å². The van der Waals surface area contributed by atoms with Crippen molar-refractivity contribution in [1.82, 2.24) is 16.0 Å². The Labute approximate surface area is 157 Å². The molecule has 1 saturated heterocycles. The second-order valence-electron chi connectivity index (χ2n) is 7.35. The zero-order chi connectivity index (χ0) is 18.8. The highest BCUT2D eigenvalue weighted by atomic mass is 16.2. The van der Waals surface area contributed by atoms with Crippen molar-refractivity contribution in [3.63, 3.8) is 0 Å². The van der Waals surface area contributed by atoms with E-state index in [1.165, 1.54) is 0 Å². The smallest absolute Gasteiger partial charge is 0.251 e. The average molecular weight is 360 g/mol. The number of piperidine rings is 1. The molecule has 0 radical (unpaired) electrons. The summed E-state index contributed by atoms with van der Waals surface area (Å²) in [6, 6.07) is 7.46. The van der Waals surface area contributed by atoms with Gasteiger partial charge in [-0.2, -0.15) is 0 Å². The zero-order valence-corrected chi connectivity index (χ0v) is 16.1. The lowest BCUT2D eigenvalue weighted by Crippen LogP contribution is -2.33. The molecule has 144 valence electrons. The summed E-state index contributed by atoms with van der Waals surface area (Å²) >= 11 is 0. The van der Waals surface area contributed by atoms with Gasteiger partial charge in [0.2, 0.25) is 5.91 Å². The summed E-state index contributed by atoms with van der Waals surface area (Å²) < 4.78 is 0. The fourth-order valence-corrected chi connectivity index (χ4v) is 3.40. The van der Waals surface area contributed by atoms with E-state index in [1.54, 1.807) is 0 Å². The quantitative estimate of drug-likeness (QED) is 0.594. The predicted octanol–water partition coefficient (Wildman–Crippen LogP) is 2.86. The maximum Gasteiger partial charge on any atom is 0.251 e. The molecule has 2 amide bonds. The fraction of sp³-hybridized carbons (Fsp3) is 0.619. The van der Waals surface area contributed by atoms with E-state index in [4.69, 9.17) is 0 Å². The number of nitrogens with one attached hydrogen (secondary N) is 3. The number of carbonyl (C=O) groups is 2. The molecule has 0 saturated carbocycles. The van der Waals surface area contributed by atoms with Crippen LogP contribution >= 0.6 is 0 Å². The molecule has 0 aliphatic carbocycles. The lowest BCUT2D eigenvalue weighted by Gasteiger charge is -2.27. The summed E-state index contributed by atoms with van der Waals surface area (Å²) in [6.07, 6.45) is 4.97. The summed E-state index contributed by atoms with van der Waals surface area (Å²) in [4.78, 5) is 24.2. The molecule has 1 aromatic rings. The summed E-state index contributed by atoms with van der Waals surface area (Å²) in [5, 5.41) is 9.28. The first-order chi connectivity index (χ1) is 12.6. The molecular formula is C21H33N3O2. The zero-order valence-electron chi connectivity index (χ0n) is 16.1. The maximum atomic E-state index is 12.2. The fourth-order valence-electron chi connectivity index (χ4n) is 3.40. The maximum absolute atomic E-state index is 12.2. The Hall–Kier alpha value is -1.88. The van der Waals surface area contributed by atoms with Crippen LogP contribution in [0.2, 0.25) is 0 Å². The molecule has 1 atom stereocenters. The monoisotopic (exact) mass is 359 g/mol. The van der Waals surface area contributed by atoms with Crippen LogP contribution in [-0.4, -0.2) is 31.4 Å². The number of rotatable bonds is 9. The van der Waals surface area contributed by atoms with Crippen molar-refractivity contribution in [3.05, 3.63) is 35.4 Å². The van der Waals surface area contributed by atoms with Gasteiger partial charge in [0.25, 0.3) is 5.91 Å². The van der Waals surface area contributed by atoms with Crippen molar-refractivity contribution in [3.8, 4) is 0 Å². The van der Waals surface area contributed by atoms with Gasteiger partial charge in [0, 0.05) is 25.1 Å². The molecule has 1 heterocycles. The van der Waals surface area contributed by atoms with Crippen LogP contribution in [0.4, 0.5) is 0 Å². The Morgan fingerprint density at radius 1 is 1.15 bits per heavy atom. The molecule has 5 heteroatoms. The van der Waals surface area contributed by atoms with Crippen LogP contribution < -0.4 is 16.0 Å². The standard InChI is InChI=1S/C21H33N3O2/c1-3-4-11-23-21(26)19-7-5-17(6-8-19)15-24-20(25)14-16(2)18-9-12-22-13-10-18/h5-8,16,18,22H,3-4,9-15H2,1-2H3,(H,23,26)(H,24,25). The third-order valence-corrected chi connectivity index (χ3v) is 5.22. The van der Waals surface area contributed by atoms with E-state index in [-0.39, 0.29) is 11.8 Å². The van der Waals surface area contributed by atoms with Gasteiger partial charge in [0.05, 0.1) is 0 Å². The van der Waals surface area contributed by atoms with Gasteiger partial charge in [-0.05, 0) is 61.9 Å². The number of hydrogen-bond donors (Lipinski definition) is 3. The molecule has 1 unspecified atom stereocenters. The third kappa shape index (κ3) is 6.79. The molecule has 3 N–H and O–H groups in total. The highest BCUT2D eigenvalue weighted by molar-refractivity contribution is 5.94. The topological polar surface area (TPSA) is 70.2 Å². The first-order valence-electron chi connectivity index (χ1n) is 9.94. The van der Waals surface area contributed by atoms with E-state index < -0.39 is 0 Å². The number of benzene rings is 1. The van der Waals surface area contributed by atoms with Crippen LogP contribution in [-0.2, 0) is 11.3 Å². The van der Waals surface area contributed by atoms with Crippen LogP contribution in [0.1, 0.15) is 61.9 Å². The summed E-state index contributed by atoms with van der Waals surface area (Å²) in [5.41, 5.74) is 1.67. The molecule has 1 aliphatic rings. The first-order valence-corrected chi connectivity index (χ1v) is 9.94. The van der Waals surface area contributed by atoms with Crippen molar-refractivity contribution in [2.45, 2.75) is 52.5 Å². The predicted molar refractivity (Wildman–Crippen MR) is 105 cm³/mol. The van der Waals surface area contributed by atoms with Crippen molar-refractivity contribution in [2.24, 2.45) is 11.8 Å². The second-order valence-corrected chi connectivity index (χ2v) is 7.35. The largest absolute Gasteiger partial charge is 0.352 e. The van der Waals surface area contributed by atoms with Crippen molar-refractivity contribution in [2.75, 3.05) is 19.6 Å². The van der Waals surface area contributed by atoms with E-state index in [9.17, 15) is 9.59 Å². The molecule has 0 aromatic heterocycles. The van der Waals surface area contributed by atoms with Crippen molar-refractivity contribution in [1.29, 1.82) is 0 Å². The SMILES string of the molecule is CCCCNC(=O)c1ccc(CNC(=O)CC(C)C2CCNCC2)cc1. The third-order valence-electron chi connectivity index (χ3n) is 5.22. The summed E-state index contributed by atoms with van der Waals surface area (Å²) in [7, 11) is 0. The number of carbonyl (C=O) groups excluding carboxylic acids is 2. The number of hydrogen-bond acceptors (Lipinski definition) is 3. The van der Waals surface area contributed by atoms with Crippen molar-refractivity contribution >= 4 is 11.8 Å². The van der Waals surface area contributed by atoms with Gasteiger partial charge in [-0.25, -0.2) is 0 Å². The van der Waals surface area contributed by atoms with Gasteiger partial charge in [-0.1, -0.05) is 32.4 Å². The van der Waals surface area contributed by atoms with Crippen LogP contribution in [0, 0.1) is 11.8 Å². The van der Waals surface area contributed by atoms with Gasteiger partial charge in [-0.15, -0.1) is 0 Å². The molecular weight excluding hydrogens is 326 g/mol. The Bertz CT molecular complexity index is 565. The lowest BCUT2D eigenvalue weighted by atomic mass is 9.84. The highest BCUT2D eigenvalue weighted by Crippen LogP contribution is 2.24. The van der Waals surface area contributed by atoms with E-state index in [1.807, 2.05) is 24.3 Å². The van der Waals surface area contributed by atoms with Gasteiger partial charge in [0.15, 0.2) is 0 Å². The molecule has 5 nitrogen and oxygen atoms in total. The second kappa shape index (κ2) is 11.0. The van der Waals surface area contributed by atoms with E-state index >= 15 is 0 Å². The molecule has 1 fully saturated rings. The lowest BCUT2D eigenvalue weighted by molar-refractivity contribution is -0.122. The highest BCUT2D eigenvalue weighted by Gasteiger charge is 2.21. The summed E-state index contributed by atoms with van der Waals surface area (Å²) in [6.45, 7) is 7.63. The Kier molecular flexibility index (Phi) is 8.62. The Morgan fingerprint density at radius 2 is 1.85 bits per heavy atom. The van der Waals surface area contributed by atoms with Gasteiger partial charge in [-0.3, -0.25) is 9.59 Å². The number of amides is 2. The number of unbranched alkanes of at least 4 members (excludes halogenated alkanes) is 1. The minimum absolute atomic E-state index is 0.0372. The summed E-state index contributed by atoms with van der Waals surface area (Å²) in [5.74, 6) is 1.14. The average Bonchev–Trinajstić information content (AvgIpc) is 2.67. The minimum atomic E-state index is -0.0372. The molecule has 26 heavy (non-hydrogen) atoms. The van der Waals surface area contributed by atoms with Gasteiger partial charge in [0.1, 0.15) is 0 Å². The molecule has 0 spiro atoms. The normalized spacial score (nSPS) is 16.1. The van der Waals surface area contributed by atoms with E-state index in [2.05, 4.69) is 29.8 Å². The Morgan fingerprint density at radius 3 is 2.50 bits per heavy atom. The molecule has 0 bridgehead atoms. The van der Waals surface area contributed by atoms with E-state index in [0.717, 1.165) is 44.3 Å². The van der Waals surface area contributed by atoms with Gasteiger partial charge < -0.3 is 16.0 Å².